The lowest BCUT2D eigenvalue weighted by atomic mass is 10.2. The van der Waals surface area contributed by atoms with E-state index in [1.807, 2.05) is 22.9 Å². The molecule has 0 spiro atoms. The fourth-order valence-corrected chi connectivity index (χ4v) is 1.57. The highest BCUT2D eigenvalue weighted by Gasteiger charge is 2.04. The van der Waals surface area contributed by atoms with Crippen LogP contribution in [-0.4, -0.2) is 20.2 Å². The van der Waals surface area contributed by atoms with Crippen molar-refractivity contribution in [3.05, 3.63) is 35.9 Å². The molecule has 0 atom stereocenters. The average Bonchev–Trinajstić information content (AvgIpc) is 2.82. The van der Waals surface area contributed by atoms with Crippen LogP contribution in [0.15, 0.2) is 30.3 Å². The van der Waals surface area contributed by atoms with Gasteiger partial charge < -0.3 is 5.32 Å². The molecule has 0 aliphatic rings. The molecule has 90 valence electrons. The molecule has 1 heterocycles. The fourth-order valence-electron chi connectivity index (χ4n) is 1.57. The molecule has 1 aromatic heterocycles. The summed E-state index contributed by atoms with van der Waals surface area (Å²) in [5, 5.41) is 14.9. The summed E-state index contributed by atoms with van der Waals surface area (Å²) in [6.45, 7) is 3.76. The molecule has 0 fully saturated rings. The number of hydrogen-bond acceptors (Lipinski definition) is 4. The third kappa shape index (κ3) is 3.27. The second kappa shape index (κ2) is 5.98. The molecule has 0 unspecified atom stereocenters. The Bertz CT molecular complexity index is 437. The van der Waals surface area contributed by atoms with Gasteiger partial charge in [-0.15, -0.1) is 0 Å². The molecule has 5 heteroatoms. The number of anilines is 1. The van der Waals surface area contributed by atoms with E-state index in [0.29, 0.717) is 0 Å². The minimum atomic E-state index is 0.738. The Morgan fingerprint density at radius 2 is 2.06 bits per heavy atom. The van der Waals surface area contributed by atoms with Crippen LogP contribution in [0.5, 0.6) is 0 Å². The van der Waals surface area contributed by atoms with Gasteiger partial charge >= 0.3 is 0 Å². The molecule has 1 aromatic carbocycles. The molecule has 0 bridgehead atoms. The summed E-state index contributed by atoms with van der Waals surface area (Å²) in [4.78, 5) is 0. The van der Waals surface area contributed by atoms with Gasteiger partial charge in [0.1, 0.15) is 0 Å². The average molecular weight is 231 g/mol. The van der Waals surface area contributed by atoms with Crippen molar-refractivity contribution in [3.8, 4) is 0 Å². The van der Waals surface area contributed by atoms with Gasteiger partial charge in [-0.05, 0) is 22.4 Å². The van der Waals surface area contributed by atoms with Crippen LogP contribution in [0.4, 0.5) is 5.95 Å². The van der Waals surface area contributed by atoms with Gasteiger partial charge in [-0.25, -0.2) is 4.68 Å². The van der Waals surface area contributed by atoms with Crippen molar-refractivity contribution < 1.29 is 0 Å². The Hall–Kier alpha value is -1.91. The number of tetrazole rings is 1. The van der Waals surface area contributed by atoms with Crippen LogP contribution in [0.3, 0.4) is 0 Å². The van der Waals surface area contributed by atoms with Crippen molar-refractivity contribution in [2.24, 2.45) is 0 Å². The first-order valence-corrected chi connectivity index (χ1v) is 5.94. The highest BCUT2D eigenvalue weighted by atomic mass is 15.6. The highest BCUT2D eigenvalue weighted by molar-refractivity contribution is 5.25. The van der Waals surface area contributed by atoms with Gasteiger partial charge in [-0.3, -0.25) is 0 Å². The van der Waals surface area contributed by atoms with Crippen molar-refractivity contribution in [2.45, 2.75) is 32.9 Å². The summed E-state index contributed by atoms with van der Waals surface area (Å²) in [5.41, 5.74) is 1.22. The SMILES string of the molecule is CCCCn1nnnc1NCc1ccccc1. The zero-order chi connectivity index (χ0) is 11.9. The van der Waals surface area contributed by atoms with Gasteiger partial charge in [-0.2, -0.15) is 0 Å². The first-order chi connectivity index (χ1) is 8.40. The van der Waals surface area contributed by atoms with Crippen LogP contribution in [0.25, 0.3) is 0 Å². The number of unbranched alkanes of at least 4 members (excludes halogenated alkanes) is 1. The van der Waals surface area contributed by atoms with E-state index in [4.69, 9.17) is 0 Å². The standard InChI is InChI=1S/C12H17N5/c1-2-3-9-17-12(14-15-16-17)13-10-11-7-5-4-6-8-11/h4-8H,2-3,9-10H2,1H3,(H,13,14,16). The maximum atomic E-state index is 3.97. The van der Waals surface area contributed by atoms with E-state index in [9.17, 15) is 0 Å². The van der Waals surface area contributed by atoms with Crippen LogP contribution < -0.4 is 5.32 Å². The van der Waals surface area contributed by atoms with E-state index >= 15 is 0 Å². The number of nitrogens with one attached hydrogen (secondary N) is 1. The zero-order valence-corrected chi connectivity index (χ0v) is 10.0. The molecule has 0 saturated heterocycles. The van der Waals surface area contributed by atoms with Crippen LogP contribution in [0, 0.1) is 0 Å². The predicted octanol–water partition coefficient (Wildman–Crippen LogP) is 2.09. The van der Waals surface area contributed by atoms with Crippen LogP contribution >= 0.6 is 0 Å². The molecule has 0 saturated carbocycles. The smallest absolute Gasteiger partial charge is 0.243 e. The van der Waals surface area contributed by atoms with Crippen molar-refractivity contribution in [2.75, 3.05) is 5.32 Å². The third-order valence-electron chi connectivity index (χ3n) is 2.55. The molecule has 17 heavy (non-hydrogen) atoms. The number of nitrogens with zero attached hydrogens (tertiary/aromatic N) is 4. The van der Waals surface area contributed by atoms with Gasteiger partial charge in [0, 0.05) is 13.1 Å². The first kappa shape index (κ1) is 11.6. The van der Waals surface area contributed by atoms with E-state index < -0.39 is 0 Å². The maximum Gasteiger partial charge on any atom is 0.243 e. The Labute approximate surface area is 101 Å². The molecular formula is C12H17N5. The zero-order valence-electron chi connectivity index (χ0n) is 10.0. The summed E-state index contributed by atoms with van der Waals surface area (Å²) in [6.07, 6.45) is 2.23. The second-order valence-corrected chi connectivity index (χ2v) is 3.92. The number of benzene rings is 1. The molecule has 1 N–H and O–H groups in total. The molecule has 0 radical (unpaired) electrons. The maximum absolute atomic E-state index is 3.97. The van der Waals surface area contributed by atoms with E-state index in [1.165, 1.54) is 5.56 Å². The Kier molecular flexibility index (Phi) is 4.07. The summed E-state index contributed by atoms with van der Waals surface area (Å²) < 4.78 is 1.81. The predicted molar refractivity (Wildman–Crippen MR) is 66.5 cm³/mol. The summed E-state index contributed by atoms with van der Waals surface area (Å²) >= 11 is 0. The van der Waals surface area contributed by atoms with Gasteiger partial charge in [0.2, 0.25) is 5.95 Å². The highest BCUT2D eigenvalue weighted by Crippen LogP contribution is 2.05. The minimum Gasteiger partial charge on any atom is -0.349 e. The molecule has 5 nitrogen and oxygen atoms in total. The second-order valence-electron chi connectivity index (χ2n) is 3.92. The van der Waals surface area contributed by atoms with Crippen molar-refractivity contribution in [1.29, 1.82) is 0 Å². The van der Waals surface area contributed by atoms with E-state index in [-0.39, 0.29) is 0 Å². The summed E-state index contributed by atoms with van der Waals surface area (Å²) in [5.74, 6) is 0.738. The van der Waals surface area contributed by atoms with Crippen LogP contribution in [0.2, 0.25) is 0 Å². The minimum absolute atomic E-state index is 0.738. The van der Waals surface area contributed by atoms with Gasteiger partial charge in [0.25, 0.3) is 0 Å². The van der Waals surface area contributed by atoms with E-state index in [1.54, 1.807) is 0 Å². The molecule has 0 amide bonds. The van der Waals surface area contributed by atoms with E-state index in [2.05, 4.69) is 39.9 Å². The summed E-state index contributed by atoms with van der Waals surface area (Å²) in [7, 11) is 0. The largest absolute Gasteiger partial charge is 0.349 e. The molecule has 2 rings (SSSR count). The fraction of sp³-hybridized carbons (Fsp3) is 0.417. The monoisotopic (exact) mass is 231 g/mol. The number of aryl methyl sites for hydroxylation is 1. The topological polar surface area (TPSA) is 55.6 Å². The Morgan fingerprint density at radius 1 is 1.24 bits per heavy atom. The number of hydrogen-bond donors (Lipinski definition) is 1. The van der Waals surface area contributed by atoms with E-state index in [0.717, 1.165) is 31.9 Å². The Morgan fingerprint density at radius 3 is 2.82 bits per heavy atom. The van der Waals surface area contributed by atoms with Gasteiger partial charge in [0.05, 0.1) is 0 Å². The van der Waals surface area contributed by atoms with Crippen molar-refractivity contribution in [1.82, 2.24) is 20.2 Å². The van der Waals surface area contributed by atoms with Crippen molar-refractivity contribution in [3.63, 3.8) is 0 Å². The summed E-state index contributed by atoms with van der Waals surface area (Å²) in [6, 6.07) is 10.2. The van der Waals surface area contributed by atoms with Crippen LogP contribution in [0.1, 0.15) is 25.3 Å². The van der Waals surface area contributed by atoms with Crippen molar-refractivity contribution >= 4 is 5.95 Å². The lowest BCUT2D eigenvalue weighted by Gasteiger charge is -2.06. The molecule has 0 aliphatic heterocycles. The number of rotatable bonds is 6. The third-order valence-corrected chi connectivity index (χ3v) is 2.55. The van der Waals surface area contributed by atoms with Crippen LogP contribution in [-0.2, 0) is 13.1 Å². The molecule has 2 aromatic rings. The lowest BCUT2D eigenvalue weighted by molar-refractivity contribution is 0.556. The molecular weight excluding hydrogens is 214 g/mol. The number of aromatic nitrogens is 4. The normalized spacial score (nSPS) is 10.4. The molecule has 0 aliphatic carbocycles. The first-order valence-electron chi connectivity index (χ1n) is 5.94. The quantitative estimate of drug-likeness (QED) is 0.827. The Balaban J connectivity index is 1.92. The lowest BCUT2D eigenvalue weighted by Crippen LogP contribution is -2.09. The van der Waals surface area contributed by atoms with Gasteiger partial charge in [0.15, 0.2) is 0 Å². The van der Waals surface area contributed by atoms with Gasteiger partial charge in [-0.1, -0.05) is 48.8 Å².